The van der Waals surface area contributed by atoms with Crippen molar-refractivity contribution in [2.24, 2.45) is 0 Å². The van der Waals surface area contributed by atoms with Gasteiger partial charge in [0, 0.05) is 31.5 Å². The molecule has 4 amide bonds. The van der Waals surface area contributed by atoms with E-state index in [1.807, 2.05) is 0 Å². The van der Waals surface area contributed by atoms with Crippen molar-refractivity contribution < 1.29 is 29.4 Å². The van der Waals surface area contributed by atoms with Gasteiger partial charge >= 0.3 is 0 Å². The Balaban J connectivity index is 2.60. The summed E-state index contributed by atoms with van der Waals surface area (Å²) in [7, 11) is 0. The van der Waals surface area contributed by atoms with Crippen molar-refractivity contribution in [3.63, 3.8) is 0 Å². The molecule has 0 spiro atoms. The van der Waals surface area contributed by atoms with E-state index >= 15 is 0 Å². The van der Waals surface area contributed by atoms with E-state index in [0.717, 1.165) is 19.3 Å². The average Bonchev–Trinajstić information content (AvgIpc) is 2.83. The maximum atomic E-state index is 12.9. The van der Waals surface area contributed by atoms with E-state index in [1.165, 1.54) is 51.2 Å². The van der Waals surface area contributed by atoms with Gasteiger partial charge in [-0.2, -0.15) is 0 Å². The number of hydrogen-bond acceptors (Lipinski definition) is 6. The molecule has 10 nitrogen and oxygen atoms in total. The van der Waals surface area contributed by atoms with Gasteiger partial charge in [0.2, 0.25) is 23.6 Å². The van der Waals surface area contributed by atoms with Gasteiger partial charge in [0.1, 0.15) is 12.1 Å². The molecule has 37 heavy (non-hydrogen) atoms. The Hall–Kier alpha value is -2.46. The van der Waals surface area contributed by atoms with E-state index in [0.29, 0.717) is 6.42 Å². The first-order valence-corrected chi connectivity index (χ1v) is 13.9. The maximum Gasteiger partial charge on any atom is 0.245 e. The first-order valence-electron chi connectivity index (χ1n) is 13.9. The normalized spacial score (nSPS) is 23.4. The van der Waals surface area contributed by atoms with Gasteiger partial charge in [-0.3, -0.25) is 19.2 Å². The van der Waals surface area contributed by atoms with Crippen molar-refractivity contribution in [3.05, 3.63) is 12.2 Å². The smallest absolute Gasteiger partial charge is 0.245 e. The van der Waals surface area contributed by atoms with Crippen LogP contribution in [0.15, 0.2) is 12.2 Å². The van der Waals surface area contributed by atoms with Crippen LogP contribution in [0.5, 0.6) is 0 Å². The Morgan fingerprint density at radius 3 is 2.32 bits per heavy atom. The lowest BCUT2D eigenvalue weighted by Crippen LogP contribution is -2.58. The Morgan fingerprint density at radius 2 is 1.70 bits per heavy atom. The molecule has 1 heterocycles. The molecule has 0 aromatic carbocycles. The molecule has 6 N–H and O–H groups in total. The Bertz CT molecular complexity index is 742. The van der Waals surface area contributed by atoms with Crippen LogP contribution in [0, 0.1) is 0 Å². The number of rotatable bonds is 14. The summed E-state index contributed by atoms with van der Waals surface area (Å²) in [6.07, 6.45) is 11.2. The molecule has 0 aliphatic carbocycles. The van der Waals surface area contributed by atoms with E-state index in [-0.39, 0.29) is 37.6 Å². The molecule has 0 saturated heterocycles. The van der Waals surface area contributed by atoms with Gasteiger partial charge < -0.3 is 31.5 Å². The summed E-state index contributed by atoms with van der Waals surface area (Å²) in [6.45, 7) is 5.48. The van der Waals surface area contributed by atoms with Crippen molar-refractivity contribution >= 4 is 23.6 Å². The molecular weight excluding hydrogens is 476 g/mol. The number of aliphatic hydroxyl groups is 2. The first-order chi connectivity index (χ1) is 17.6. The van der Waals surface area contributed by atoms with Crippen molar-refractivity contribution in [2.45, 2.75) is 128 Å². The molecule has 5 unspecified atom stereocenters. The van der Waals surface area contributed by atoms with Crippen LogP contribution in [0.25, 0.3) is 0 Å². The highest BCUT2D eigenvalue weighted by Crippen LogP contribution is 2.11. The van der Waals surface area contributed by atoms with Crippen molar-refractivity contribution in [1.82, 2.24) is 21.3 Å². The highest BCUT2D eigenvalue weighted by molar-refractivity contribution is 5.92. The van der Waals surface area contributed by atoms with Crippen LogP contribution in [0.2, 0.25) is 0 Å². The number of aliphatic hydroxyl groups excluding tert-OH is 2. The average molecular weight is 525 g/mol. The second kappa shape index (κ2) is 18.7. The van der Waals surface area contributed by atoms with E-state index in [9.17, 15) is 29.4 Å². The van der Waals surface area contributed by atoms with Crippen LogP contribution in [0.4, 0.5) is 0 Å². The third-order valence-electron chi connectivity index (χ3n) is 6.41. The summed E-state index contributed by atoms with van der Waals surface area (Å²) in [5, 5.41) is 31.0. The van der Waals surface area contributed by atoms with Crippen LogP contribution < -0.4 is 21.3 Å². The summed E-state index contributed by atoms with van der Waals surface area (Å²) >= 11 is 0. The molecule has 212 valence electrons. The Kier molecular flexibility index (Phi) is 16.5. The highest BCUT2D eigenvalue weighted by atomic mass is 16.3. The molecule has 0 radical (unpaired) electrons. The number of nitrogens with one attached hydrogen (secondary N) is 4. The largest absolute Gasteiger partial charge is 0.393 e. The molecule has 0 fully saturated rings. The lowest BCUT2D eigenvalue weighted by molar-refractivity contribution is -0.134. The summed E-state index contributed by atoms with van der Waals surface area (Å²) in [5.74, 6) is -1.89. The van der Waals surface area contributed by atoms with Crippen LogP contribution >= 0.6 is 0 Å². The molecule has 1 aliphatic heterocycles. The van der Waals surface area contributed by atoms with Crippen LogP contribution in [-0.4, -0.2) is 70.7 Å². The third-order valence-corrected chi connectivity index (χ3v) is 6.41. The van der Waals surface area contributed by atoms with Crippen molar-refractivity contribution in [1.29, 1.82) is 0 Å². The van der Waals surface area contributed by atoms with E-state index < -0.39 is 42.1 Å². The fourth-order valence-corrected chi connectivity index (χ4v) is 4.16. The minimum atomic E-state index is -1.23. The number of carbonyl (C=O) groups excluding carboxylic acids is 4. The Labute approximate surface area is 221 Å². The zero-order valence-electron chi connectivity index (χ0n) is 22.8. The topological polar surface area (TPSA) is 157 Å². The first kappa shape index (κ1) is 32.6. The van der Waals surface area contributed by atoms with Crippen LogP contribution in [-0.2, 0) is 19.2 Å². The molecule has 5 atom stereocenters. The van der Waals surface area contributed by atoms with Gasteiger partial charge in [0.25, 0.3) is 0 Å². The SMILES string of the molecule is CCCCCCCCCCCC(=O)NC(C(=O)NC1CC(O)CCNC(=O)/C=C\C(C)NC1=O)C(C)O. The summed E-state index contributed by atoms with van der Waals surface area (Å²) in [5.41, 5.74) is 0. The molecule has 0 saturated carbocycles. The molecule has 0 aromatic heterocycles. The lowest BCUT2D eigenvalue weighted by Gasteiger charge is -2.27. The Morgan fingerprint density at radius 1 is 1.08 bits per heavy atom. The fourth-order valence-electron chi connectivity index (χ4n) is 4.16. The van der Waals surface area contributed by atoms with E-state index in [4.69, 9.17) is 0 Å². The zero-order valence-corrected chi connectivity index (χ0v) is 22.8. The zero-order chi connectivity index (χ0) is 27.6. The maximum absolute atomic E-state index is 12.9. The fraction of sp³-hybridized carbons (Fsp3) is 0.778. The molecule has 10 heteroatoms. The highest BCUT2D eigenvalue weighted by Gasteiger charge is 2.31. The molecule has 1 aliphatic rings. The second-order valence-corrected chi connectivity index (χ2v) is 10.1. The summed E-state index contributed by atoms with van der Waals surface area (Å²) < 4.78 is 0. The quantitative estimate of drug-likeness (QED) is 0.190. The molecule has 1 rings (SSSR count). The van der Waals surface area contributed by atoms with Crippen molar-refractivity contribution in [3.8, 4) is 0 Å². The third kappa shape index (κ3) is 14.8. The van der Waals surface area contributed by atoms with Gasteiger partial charge in [-0.05, 0) is 26.7 Å². The number of carbonyl (C=O) groups is 4. The van der Waals surface area contributed by atoms with Gasteiger partial charge in [-0.1, -0.05) is 64.4 Å². The standard InChI is InChI=1S/C27H48N4O6/c1-4-5-6-7-8-9-10-11-12-13-24(35)31-25(20(3)32)27(37)30-22-18-21(33)16-17-28-23(34)15-14-19(2)29-26(22)36/h14-15,19-22,25,32-33H,4-13,16-18H2,1-3H3,(H,28,34)(H,29,36)(H,30,37)(H,31,35)/b15-14-. The minimum absolute atomic E-state index is 0.0806. The van der Waals surface area contributed by atoms with Crippen LogP contribution in [0.1, 0.15) is 97.8 Å². The summed E-state index contributed by atoms with van der Waals surface area (Å²) in [6, 6.07) is -2.80. The van der Waals surface area contributed by atoms with E-state index in [2.05, 4.69) is 28.2 Å². The number of unbranched alkanes of at least 4 members (excludes halogenated alkanes) is 8. The molecule has 0 aromatic rings. The number of amides is 4. The van der Waals surface area contributed by atoms with Gasteiger partial charge in [-0.25, -0.2) is 0 Å². The predicted molar refractivity (Wildman–Crippen MR) is 142 cm³/mol. The molecular formula is C27H48N4O6. The van der Waals surface area contributed by atoms with Crippen LogP contribution in [0.3, 0.4) is 0 Å². The van der Waals surface area contributed by atoms with Gasteiger partial charge in [0.15, 0.2) is 0 Å². The monoisotopic (exact) mass is 524 g/mol. The van der Waals surface area contributed by atoms with Gasteiger partial charge in [0.05, 0.1) is 12.2 Å². The minimum Gasteiger partial charge on any atom is -0.393 e. The second-order valence-electron chi connectivity index (χ2n) is 10.1. The van der Waals surface area contributed by atoms with E-state index in [1.54, 1.807) is 6.92 Å². The predicted octanol–water partition coefficient (Wildman–Crippen LogP) is 1.59. The lowest BCUT2D eigenvalue weighted by atomic mass is 10.0. The van der Waals surface area contributed by atoms with Gasteiger partial charge in [-0.15, -0.1) is 0 Å². The summed E-state index contributed by atoms with van der Waals surface area (Å²) in [4.78, 5) is 49.9. The molecule has 0 bridgehead atoms. The number of hydrogen-bond donors (Lipinski definition) is 6. The van der Waals surface area contributed by atoms with Crippen molar-refractivity contribution in [2.75, 3.05) is 6.54 Å².